The number of likely N-dealkylation sites (N-methyl/N-ethyl adjacent to an activating group) is 1. The number of ketones is 1. The van der Waals surface area contributed by atoms with Crippen LogP contribution in [0.1, 0.15) is 65.2 Å². The van der Waals surface area contributed by atoms with Crippen LogP contribution >= 0.6 is 0 Å². The summed E-state index contributed by atoms with van der Waals surface area (Å²) in [5, 5.41) is 6.38. The summed E-state index contributed by atoms with van der Waals surface area (Å²) in [6.07, 6.45) is 4.24. The Balaban J connectivity index is 1.51. The maximum absolute atomic E-state index is 13.7. The number of anilines is 1. The maximum Gasteiger partial charge on any atom is 0.256 e. The van der Waals surface area contributed by atoms with Crippen molar-refractivity contribution < 1.29 is 18.8 Å². The molecule has 192 valence electrons. The molecule has 4 rings (SSSR count). The molecule has 1 aliphatic carbocycles. The van der Waals surface area contributed by atoms with Gasteiger partial charge in [0.15, 0.2) is 5.78 Å². The van der Waals surface area contributed by atoms with Gasteiger partial charge in [-0.05, 0) is 60.2 Å². The highest BCUT2D eigenvalue weighted by molar-refractivity contribution is 6.01. The van der Waals surface area contributed by atoms with Gasteiger partial charge < -0.3 is 10.2 Å². The number of benzene rings is 2. The minimum Gasteiger partial charge on any atom is -0.355 e. The lowest BCUT2D eigenvalue weighted by Gasteiger charge is -2.32. The molecule has 2 aromatic carbocycles. The lowest BCUT2D eigenvalue weighted by Crippen LogP contribution is -2.48. The minimum atomic E-state index is -0.290. The Bertz CT molecular complexity index is 1170. The number of carbonyl (C=O) groups excluding carboxylic acids is 3. The molecule has 8 heteroatoms. The van der Waals surface area contributed by atoms with Crippen LogP contribution in [0, 0.1) is 12.7 Å². The van der Waals surface area contributed by atoms with E-state index in [1.807, 2.05) is 24.1 Å². The van der Waals surface area contributed by atoms with Gasteiger partial charge in [-0.2, -0.15) is 0 Å². The molecule has 36 heavy (non-hydrogen) atoms. The van der Waals surface area contributed by atoms with Gasteiger partial charge in [0.05, 0.1) is 13.1 Å². The van der Waals surface area contributed by atoms with Crippen LogP contribution in [0.25, 0.3) is 0 Å². The van der Waals surface area contributed by atoms with Gasteiger partial charge >= 0.3 is 0 Å². The number of fused-ring (bicyclic) bond motifs is 2. The first-order valence-electron chi connectivity index (χ1n) is 12.7. The summed E-state index contributed by atoms with van der Waals surface area (Å²) in [7, 11) is 1.70. The molecule has 2 aromatic rings. The fourth-order valence-electron chi connectivity index (χ4n) is 4.99. The van der Waals surface area contributed by atoms with Crippen molar-refractivity contribution in [2.75, 3.05) is 31.6 Å². The predicted molar refractivity (Wildman–Crippen MR) is 137 cm³/mol. The van der Waals surface area contributed by atoms with E-state index in [2.05, 4.69) is 12.2 Å². The molecule has 1 heterocycles. The summed E-state index contributed by atoms with van der Waals surface area (Å²) in [5.41, 5.74) is 5.22. The van der Waals surface area contributed by atoms with Crippen molar-refractivity contribution in [1.82, 2.24) is 15.3 Å². The average molecular weight is 495 g/mol. The lowest BCUT2D eigenvalue weighted by molar-refractivity contribution is -0.145. The van der Waals surface area contributed by atoms with Crippen LogP contribution in [0.4, 0.5) is 10.1 Å². The zero-order valence-electron chi connectivity index (χ0n) is 21.4. The van der Waals surface area contributed by atoms with E-state index in [-0.39, 0.29) is 36.5 Å². The fourth-order valence-corrected chi connectivity index (χ4v) is 4.99. The highest BCUT2D eigenvalue weighted by atomic mass is 19.1. The van der Waals surface area contributed by atoms with Crippen molar-refractivity contribution in [2.45, 2.75) is 59.0 Å². The first kappa shape index (κ1) is 25.8. The third-order valence-electron chi connectivity index (χ3n) is 7.11. The summed E-state index contributed by atoms with van der Waals surface area (Å²) in [5.74, 6) is -0.534. The number of hydrogen-bond donors (Lipinski definition) is 1. The van der Waals surface area contributed by atoms with E-state index in [0.29, 0.717) is 31.6 Å². The molecule has 0 aromatic heterocycles. The zero-order valence-corrected chi connectivity index (χ0v) is 21.4. The molecule has 2 amide bonds. The Labute approximate surface area is 212 Å². The first-order chi connectivity index (χ1) is 17.3. The number of aryl methyl sites for hydroxylation is 2. The first-order valence-corrected chi connectivity index (χ1v) is 12.7. The summed E-state index contributed by atoms with van der Waals surface area (Å²) < 4.78 is 13.7. The number of Topliss-reactive ketones (excluding diaryl/α,β-unsaturated/α-hetero) is 1. The van der Waals surface area contributed by atoms with E-state index in [1.54, 1.807) is 23.0 Å². The van der Waals surface area contributed by atoms with Crippen molar-refractivity contribution in [1.29, 1.82) is 0 Å². The molecule has 1 aliphatic heterocycles. The molecule has 0 spiro atoms. The highest BCUT2D eigenvalue weighted by Crippen LogP contribution is 2.31. The van der Waals surface area contributed by atoms with Gasteiger partial charge in [-0.15, -0.1) is 0 Å². The number of halogens is 1. The summed E-state index contributed by atoms with van der Waals surface area (Å²) >= 11 is 0. The van der Waals surface area contributed by atoms with Gasteiger partial charge in [-0.1, -0.05) is 31.9 Å². The second kappa shape index (κ2) is 11.2. The van der Waals surface area contributed by atoms with Crippen molar-refractivity contribution in [3.8, 4) is 0 Å². The number of nitrogens with zero attached hydrogens (tertiary/aromatic N) is 3. The summed E-state index contributed by atoms with van der Waals surface area (Å²) in [4.78, 5) is 40.4. The van der Waals surface area contributed by atoms with Gasteiger partial charge in [0.2, 0.25) is 5.91 Å². The van der Waals surface area contributed by atoms with Crippen molar-refractivity contribution >= 4 is 23.3 Å². The number of nitrogens with one attached hydrogen (secondary N) is 1. The number of rotatable bonds is 10. The second-order valence-corrected chi connectivity index (χ2v) is 9.79. The van der Waals surface area contributed by atoms with Crippen LogP contribution in [-0.4, -0.2) is 54.3 Å². The SMILES string of the molecule is CCCCCNC(=O)CN(CC(=O)N(C)N1Cc2ccc(F)cc2C1)c1cc2c(cc1C)CCC2=O. The van der Waals surface area contributed by atoms with Crippen molar-refractivity contribution in [3.05, 3.63) is 64.0 Å². The third kappa shape index (κ3) is 5.75. The van der Waals surface area contributed by atoms with Crippen LogP contribution in [0.2, 0.25) is 0 Å². The van der Waals surface area contributed by atoms with E-state index in [4.69, 9.17) is 0 Å². The molecule has 0 radical (unpaired) electrons. The molecule has 0 bridgehead atoms. The molecular weight excluding hydrogens is 459 g/mol. The minimum absolute atomic E-state index is 0.0188. The molecule has 1 N–H and O–H groups in total. The molecule has 7 nitrogen and oxygen atoms in total. The van der Waals surface area contributed by atoms with Gasteiger partial charge in [0.1, 0.15) is 5.82 Å². The zero-order chi connectivity index (χ0) is 25.8. The highest BCUT2D eigenvalue weighted by Gasteiger charge is 2.28. The standard InChI is InChI=1S/C28H35FN4O3/c1-4-5-6-11-30-27(35)17-32(25-14-24-20(12-19(25)2)8-10-26(24)34)18-28(36)31(3)33-15-21-7-9-23(29)13-22(21)16-33/h7,9,12-14H,4-6,8,10-11,15-18H2,1-3H3,(H,30,35). The number of unbranched alkanes of at least 4 members (excludes halogenated alkanes) is 2. The predicted octanol–water partition coefficient (Wildman–Crippen LogP) is 3.77. The summed E-state index contributed by atoms with van der Waals surface area (Å²) in [6.45, 7) is 5.61. The van der Waals surface area contributed by atoms with E-state index < -0.39 is 0 Å². The average Bonchev–Trinajstić information content (AvgIpc) is 3.43. The molecule has 0 saturated carbocycles. The number of amides is 2. The van der Waals surface area contributed by atoms with Crippen LogP contribution in [0.15, 0.2) is 30.3 Å². The van der Waals surface area contributed by atoms with Crippen LogP contribution < -0.4 is 10.2 Å². The van der Waals surface area contributed by atoms with Crippen LogP contribution in [0.5, 0.6) is 0 Å². The second-order valence-electron chi connectivity index (χ2n) is 9.79. The smallest absolute Gasteiger partial charge is 0.256 e. The Morgan fingerprint density at radius 2 is 1.81 bits per heavy atom. The molecule has 0 saturated heterocycles. The third-order valence-corrected chi connectivity index (χ3v) is 7.11. The molecule has 0 fully saturated rings. The number of hydrazine groups is 1. The van der Waals surface area contributed by atoms with Crippen molar-refractivity contribution in [2.24, 2.45) is 0 Å². The summed E-state index contributed by atoms with van der Waals surface area (Å²) in [6, 6.07) is 8.54. The maximum atomic E-state index is 13.7. The number of hydrogen-bond acceptors (Lipinski definition) is 5. The van der Waals surface area contributed by atoms with E-state index in [1.165, 1.54) is 12.1 Å². The van der Waals surface area contributed by atoms with Crippen LogP contribution in [0.3, 0.4) is 0 Å². The normalized spacial score (nSPS) is 14.5. The number of carbonyl (C=O) groups is 3. The Morgan fingerprint density at radius 1 is 1.03 bits per heavy atom. The largest absolute Gasteiger partial charge is 0.355 e. The topological polar surface area (TPSA) is 73.0 Å². The quantitative estimate of drug-likeness (QED) is 0.509. The molecule has 0 atom stereocenters. The van der Waals surface area contributed by atoms with Crippen molar-refractivity contribution in [3.63, 3.8) is 0 Å². The van der Waals surface area contributed by atoms with E-state index in [0.717, 1.165) is 53.6 Å². The molecular formula is C28H35FN4O3. The Kier molecular flexibility index (Phi) is 8.04. The molecule has 2 aliphatic rings. The van der Waals surface area contributed by atoms with Gasteiger partial charge in [-0.3, -0.25) is 19.4 Å². The fraction of sp³-hybridized carbons (Fsp3) is 0.464. The van der Waals surface area contributed by atoms with Crippen LogP contribution in [-0.2, 0) is 29.1 Å². The Morgan fingerprint density at radius 3 is 2.58 bits per heavy atom. The lowest BCUT2D eigenvalue weighted by atomic mass is 10.0. The Hall–Kier alpha value is -3.26. The monoisotopic (exact) mass is 494 g/mol. The van der Waals surface area contributed by atoms with E-state index >= 15 is 0 Å². The van der Waals surface area contributed by atoms with Gasteiger partial charge in [0, 0.05) is 44.4 Å². The van der Waals surface area contributed by atoms with Gasteiger partial charge in [0.25, 0.3) is 5.91 Å². The van der Waals surface area contributed by atoms with Gasteiger partial charge in [-0.25, -0.2) is 9.40 Å². The van der Waals surface area contributed by atoms with E-state index in [9.17, 15) is 18.8 Å². The molecule has 0 unspecified atom stereocenters.